The minimum absolute atomic E-state index is 0.0316. The highest BCUT2D eigenvalue weighted by Crippen LogP contribution is 2.46. The third-order valence-electron chi connectivity index (χ3n) is 3.52. The van der Waals surface area contributed by atoms with Gasteiger partial charge in [-0.15, -0.1) is 0 Å². The van der Waals surface area contributed by atoms with Crippen molar-refractivity contribution in [3.63, 3.8) is 0 Å². The van der Waals surface area contributed by atoms with Gasteiger partial charge in [-0.1, -0.05) is 0 Å². The topological polar surface area (TPSA) is 32.7 Å². The number of rotatable bonds is 6. The molecule has 18 heavy (non-hydrogen) atoms. The normalized spacial score (nSPS) is 16.4. The maximum absolute atomic E-state index is 13.7. The number of aliphatic hydroxyl groups excluding tert-OH is 1. The first kappa shape index (κ1) is 13.1. The van der Waals surface area contributed by atoms with E-state index in [0.29, 0.717) is 6.61 Å². The lowest BCUT2D eigenvalue weighted by atomic mass is 10.1. The second-order valence-electron chi connectivity index (χ2n) is 5.06. The molecule has 0 atom stereocenters. The maximum Gasteiger partial charge on any atom is 0.167 e. The molecule has 0 aromatic heterocycles. The Hall–Kier alpha value is -1.29. The van der Waals surface area contributed by atoms with Crippen LogP contribution in [-0.4, -0.2) is 31.9 Å². The number of anilines is 1. The van der Waals surface area contributed by atoms with Gasteiger partial charge in [0, 0.05) is 30.8 Å². The van der Waals surface area contributed by atoms with Crippen molar-refractivity contribution in [2.45, 2.75) is 19.8 Å². The van der Waals surface area contributed by atoms with E-state index in [1.807, 2.05) is 24.9 Å². The Morgan fingerprint density at radius 1 is 1.44 bits per heavy atom. The van der Waals surface area contributed by atoms with Crippen molar-refractivity contribution in [1.82, 2.24) is 0 Å². The van der Waals surface area contributed by atoms with Gasteiger partial charge in [0.05, 0.1) is 13.2 Å². The molecule has 1 aliphatic carbocycles. The second kappa shape index (κ2) is 5.14. The van der Waals surface area contributed by atoms with Crippen LogP contribution in [0.15, 0.2) is 18.2 Å². The first-order valence-electron chi connectivity index (χ1n) is 6.34. The van der Waals surface area contributed by atoms with Crippen LogP contribution in [0.5, 0.6) is 5.75 Å². The Bertz CT molecular complexity index is 418. The Balaban J connectivity index is 2.06. The maximum atomic E-state index is 13.7. The summed E-state index contributed by atoms with van der Waals surface area (Å²) in [7, 11) is 1.92. The van der Waals surface area contributed by atoms with Crippen molar-refractivity contribution < 1.29 is 14.2 Å². The first-order chi connectivity index (χ1) is 8.60. The minimum Gasteiger partial charge on any atom is -0.491 e. The number of hydrogen-bond acceptors (Lipinski definition) is 3. The van der Waals surface area contributed by atoms with Crippen molar-refractivity contribution in [3.05, 3.63) is 24.0 Å². The van der Waals surface area contributed by atoms with Crippen molar-refractivity contribution in [3.8, 4) is 5.75 Å². The molecular weight excluding hydrogens is 233 g/mol. The summed E-state index contributed by atoms with van der Waals surface area (Å²) in [6.45, 7) is 3.26. The lowest BCUT2D eigenvalue weighted by Crippen LogP contribution is -2.28. The Morgan fingerprint density at radius 3 is 2.67 bits per heavy atom. The van der Waals surface area contributed by atoms with E-state index in [1.54, 1.807) is 6.07 Å². The number of ether oxygens (including phenoxy) is 1. The minimum atomic E-state index is -0.338. The molecule has 100 valence electrons. The number of hydrogen-bond donors (Lipinski definition) is 1. The van der Waals surface area contributed by atoms with Gasteiger partial charge in [-0.05, 0) is 31.9 Å². The molecule has 3 nitrogen and oxygen atoms in total. The van der Waals surface area contributed by atoms with Crippen LogP contribution in [0.4, 0.5) is 10.1 Å². The molecule has 0 bridgehead atoms. The number of aliphatic hydroxyl groups is 1. The summed E-state index contributed by atoms with van der Waals surface area (Å²) in [5.41, 5.74) is 0.847. The van der Waals surface area contributed by atoms with Crippen LogP contribution in [0.25, 0.3) is 0 Å². The van der Waals surface area contributed by atoms with Crippen molar-refractivity contribution in [2.24, 2.45) is 5.41 Å². The molecule has 1 aliphatic rings. The monoisotopic (exact) mass is 253 g/mol. The summed E-state index contributed by atoms with van der Waals surface area (Å²) in [6, 6.07) is 4.99. The van der Waals surface area contributed by atoms with E-state index in [1.165, 1.54) is 6.07 Å². The molecular formula is C14H20FNO2. The van der Waals surface area contributed by atoms with Gasteiger partial charge in [0.25, 0.3) is 0 Å². The molecule has 1 fully saturated rings. The predicted octanol–water partition coefficient (Wildman–Crippen LogP) is 2.43. The van der Waals surface area contributed by atoms with E-state index >= 15 is 0 Å². The number of halogens is 1. The summed E-state index contributed by atoms with van der Waals surface area (Å²) in [6.07, 6.45) is 2.10. The van der Waals surface area contributed by atoms with Gasteiger partial charge in [-0.25, -0.2) is 4.39 Å². The molecule has 0 saturated heterocycles. The zero-order chi connectivity index (χ0) is 13.2. The van der Waals surface area contributed by atoms with Crippen LogP contribution in [0, 0.1) is 11.2 Å². The Kier molecular flexibility index (Phi) is 3.76. The lowest BCUT2D eigenvalue weighted by molar-refractivity contribution is 0.215. The fourth-order valence-electron chi connectivity index (χ4n) is 2.14. The van der Waals surface area contributed by atoms with Gasteiger partial charge in [-0.3, -0.25) is 0 Å². The van der Waals surface area contributed by atoms with Gasteiger partial charge in [0.2, 0.25) is 0 Å². The molecule has 0 amide bonds. The Labute approximate surface area is 107 Å². The predicted molar refractivity (Wildman–Crippen MR) is 69.6 cm³/mol. The smallest absolute Gasteiger partial charge is 0.167 e. The van der Waals surface area contributed by atoms with Crippen molar-refractivity contribution in [1.29, 1.82) is 0 Å². The third-order valence-corrected chi connectivity index (χ3v) is 3.52. The van der Waals surface area contributed by atoms with Gasteiger partial charge < -0.3 is 14.7 Å². The number of nitrogens with zero attached hydrogens (tertiary/aromatic N) is 1. The van der Waals surface area contributed by atoms with Gasteiger partial charge in [0.15, 0.2) is 11.6 Å². The molecule has 0 aliphatic heterocycles. The summed E-state index contributed by atoms with van der Waals surface area (Å²) < 4.78 is 18.9. The fraction of sp³-hybridized carbons (Fsp3) is 0.571. The first-order valence-corrected chi connectivity index (χ1v) is 6.34. The summed E-state index contributed by atoms with van der Waals surface area (Å²) in [5, 5.41) is 9.30. The van der Waals surface area contributed by atoms with Crippen LogP contribution in [0.2, 0.25) is 0 Å². The van der Waals surface area contributed by atoms with E-state index < -0.39 is 0 Å². The van der Waals surface area contributed by atoms with E-state index in [2.05, 4.69) is 0 Å². The van der Waals surface area contributed by atoms with E-state index in [0.717, 1.165) is 25.1 Å². The second-order valence-corrected chi connectivity index (χ2v) is 5.06. The molecule has 1 saturated carbocycles. The third kappa shape index (κ3) is 2.75. The van der Waals surface area contributed by atoms with E-state index in [9.17, 15) is 9.50 Å². The van der Waals surface area contributed by atoms with Crippen LogP contribution in [0.3, 0.4) is 0 Å². The standard InChI is InChI=1S/C14H20FNO2/c1-3-18-13-5-4-11(8-12(13)15)16(2)9-14(10-17)6-7-14/h4-5,8,17H,3,6-7,9-10H2,1-2H3. The summed E-state index contributed by atoms with van der Waals surface area (Å²) in [5.74, 6) is -0.0482. The van der Waals surface area contributed by atoms with Gasteiger partial charge in [-0.2, -0.15) is 0 Å². The molecule has 1 N–H and O–H groups in total. The van der Waals surface area contributed by atoms with Crippen LogP contribution >= 0.6 is 0 Å². The largest absolute Gasteiger partial charge is 0.491 e. The van der Waals surface area contributed by atoms with E-state index in [-0.39, 0.29) is 23.6 Å². The molecule has 1 aromatic carbocycles. The average Bonchev–Trinajstić information content (AvgIpc) is 3.12. The molecule has 4 heteroatoms. The molecule has 0 unspecified atom stereocenters. The zero-order valence-electron chi connectivity index (χ0n) is 10.9. The van der Waals surface area contributed by atoms with Gasteiger partial charge in [0.1, 0.15) is 0 Å². The number of benzene rings is 1. The zero-order valence-corrected chi connectivity index (χ0v) is 10.9. The highest BCUT2D eigenvalue weighted by atomic mass is 19.1. The van der Waals surface area contributed by atoms with E-state index in [4.69, 9.17) is 4.74 Å². The summed E-state index contributed by atoms with van der Waals surface area (Å²) in [4.78, 5) is 1.99. The molecule has 0 heterocycles. The molecule has 2 rings (SSSR count). The van der Waals surface area contributed by atoms with Crippen molar-refractivity contribution >= 4 is 5.69 Å². The SMILES string of the molecule is CCOc1ccc(N(C)CC2(CO)CC2)cc1F. The lowest BCUT2D eigenvalue weighted by Gasteiger charge is -2.24. The molecule has 0 spiro atoms. The molecule has 1 aromatic rings. The highest BCUT2D eigenvalue weighted by Gasteiger charge is 2.42. The van der Waals surface area contributed by atoms with Crippen LogP contribution in [-0.2, 0) is 0 Å². The van der Waals surface area contributed by atoms with Crippen molar-refractivity contribution in [2.75, 3.05) is 31.7 Å². The van der Waals surface area contributed by atoms with Crippen LogP contribution < -0.4 is 9.64 Å². The quantitative estimate of drug-likeness (QED) is 0.845. The fourth-order valence-corrected chi connectivity index (χ4v) is 2.14. The Morgan fingerprint density at radius 2 is 2.17 bits per heavy atom. The highest BCUT2D eigenvalue weighted by molar-refractivity contribution is 5.49. The average molecular weight is 253 g/mol. The molecule has 0 radical (unpaired) electrons. The summed E-state index contributed by atoms with van der Waals surface area (Å²) >= 11 is 0. The van der Waals surface area contributed by atoms with Gasteiger partial charge >= 0.3 is 0 Å². The van der Waals surface area contributed by atoms with Crippen LogP contribution in [0.1, 0.15) is 19.8 Å².